The van der Waals surface area contributed by atoms with E-state index in [1.54, 1.807) is 0 Å². The summed E-state index contributed by atoms with van der Waals surface area (Å²) in [4.78, 5) is 0. The van der Waals surface area contributed by atoms with Gasteiger partial charge in [0.05, 0.1) is 6.04 Å². The highest BCUT2D eigenvalue weighted by Crippen LogP contribution is 2.33. The zero-order chi connectivity index (χ0) is 9.26. The van der Waals surface area contributed by atoms with E-state index in [0.717, 1.165) is 17.3 Å². The van der Waals surface area contributed by atoms with Crippen molar-refractivity contribution in [1.82, 2.24) is 5.32 Å². The third-order valence-electron chi connectivity index (χ3n) is 2.20. The molecule has 2 rings (SSSR count). The van der Waals surface area contributed by atoms with Gasteiger partial charge in [-0.1, -0.05) is 18.5 Å². The van der Waals surface area contributed by atoms with E-state index in [-0.39, 0.29) is 0 Å². The van der Waals surface area contributed by atoms with Crippen LogP contribution in [0.5, 0.6) is 5.75 Å². The lowest BCUT2D eigenvalue weighted by molar-refractivity contribution is 0.313. The van der Waals surface area contributed by atoms with Crippen molar-refractivity contribution in [2.24, 2.45) is 0 Å². The highest BCUT2D eigenvalue weighted by Gasteiger charge is 2.22. The third-order valence-corrected chi connectivity index (χ3v) is 2.44. The Morgan fingerprint density at radius 1 is 1.62 bits per heavy atom. The fraction of sp³-hybridized carbons (Fsp3) is 0.400. The molecule has 0 aliphatic carbocycles. The number of nitrogens with one attached hydrogen (secondary N) is 1. The summed E-state index contributed by atoms with van der Waals surface area (Å²) in [6.45, 7) is 3.74. The SMILES string of the molecule is CCNC1COc2ccc(Cl)cc21. The second-order valence-corrected chi connectivity index (χ2v) is 3.54. The van der Waals surface area contributed by atoms with Crippen LogP contribution in [0, 0.1) is 0 Å². The first-order valence-electron chi connectivity index (χ1n) is 4.47. The van der Waals surface area contributed by atoms with Crippen LogP contribution in [0.15, 0.2) is 18.2 Å². The minimum atomic E-state index is 0.304. The monoisotopic (exact) mass is 197 g/mol. The van der Waals surface area contributed by atoms with Gasteiger partial charge in [0.1, 0.15) is 12.4 Å². The smallest absolute Gasteiger partial charge is 0.124 e. The quantitative estimate of drug-likeness (QED) is 0.786. The molecule has 1 aromatic carbocycles. The van der Waals surface area contributed by atoms with E-state index >= 15 is 0 Å². The molecule has 70 valence electrons. The highest BCUT2D eigenvalue weighted by molar-refractivity contribution is 6.30. The van der Waals surface area contributed by atoms with Crippen LogP contribution in [0.25, 0.3) is 0 Å². The van der Waals surface area contributed by atoms with E-state index in [4.69, 9.17) is 16.3 Å². The molecule has 0 bridgehead atoms. The Hall–Kier alpha value is -0.730. The van der Waals surface area contributed by atoms with Crippen LogP contribution in [0.3, 0.4) is 0 Å². The van der Waals surface area contributed by atoms with Crippen molar-refractivity contribution in [2.75, 3.05) is 13.2 Å². The van der Waals surface area contributed by atoms with Gasteiger partial charge in [-0.3, -0.25) is 0 Å². The molecular weight excluding hydrogens is 186 g/mol. The Morgan fingerprint density at radius 2 is 2.46 bits per heavy atom. The molecule has 0 fully saturated rings. The predicted octanol–water partition coefficient (Wildman–Crippen LogP) is 2.38. The van der Waals surface area contributed by atoms with Gasteiger partial charge in [-0.15, -0.1) is 0 Å². The maximum atomic E-state index is 5.91. The summed E-state index contributed by atoms with van der Waals surface area (Å²) in [7, 11) is 0. The van der Waals surface area contributed by atoms with E-state index in [1.807, 2.05) is 18.2 Å². The summed E-state index contributed by atoms with van der Waals surface area (Å²) in [5, 5.41) is 4.11. The topological polar surface area (TPSA) is 21.3 Å². The van der Waals surface area contributed by atoms with Crippen molar-refractivity contribution in [3.63, 3.8) is 0 Å². The van der Waals surface area contributed by atoms with Gasteiger partial charge in [-0.25, -0.2) is 0 Å². The number of hydrogen-bond acceptors (Lipinski definition) is 2. The number of halogens is 1. The molecule has 0 spiro atoms. The molecule has 1 heterocycles. The molecule has 3 heteroatoms. The second kappa shape index (κ2) is 3.56. The Balaban J connectivity index is 2.29. The van der Waals surface area contributed by atoms with Crippen molar-refractivity contribution in [1.29, 1.82) is 0 Å². The first kappa shape index (κ1) is 8.85. The molecule has 1 unspecified atom stereocenters. The number of fused-ring (bicyclic) bond motifs is 1. The molecule has 1 aliphatic heterocycles. The normalized spacial score (nSPS) is 19.7. The molecule has 13 heavy (non-hydrogen) atoms. The lowest BCUT2D eigenvalue weighted by atomic mass is 10.1. The predicted molar refractivity (Wildman–Crippen MR) is 53.4 cm³/mol. The van der Waals surface area contributed by atoms with Crippen LogP contribution in [0.4, 0.5) is 0 Å². The van der Waals surface area contributed by atoms with E-state index in [9.17, 15) is 0 Å². The summed E-state index contributed by atoms with van der Waals surface area (Å²) in [5.74, 6) is 0.954. The molecule has 0 saturated carbocycles. The fourth-order valence-electron chi connectivity index (χ4n) is 1.60. The van der Waals surface area contributed by atoms with Crippen molar-refractivity contribution < 1.29 is 4.74 Å². The first-order chi connectivity index (χ1) is 6.31. The number of benzene rings is 1. The second-order valence-electron chi connectivity index (χ2n) is 3.10. The summed E-state index contributed by atoms with van der Waals surface area (Å²) in [6.07, 6.45) is 0. The lowest BCUT2D eigenvalue weighted by Crippen LogP contribution is -2.21. The van der Waals surface area contributed by atoms with Crippen LogP contribution in [-0.4, -0.2) is 13.2 Å². The van der Waals surface area contributed by atoms with Gasteiger partial charge in [0.2, 0.25) is 0 Å². The van der Waals surface area contributed by atoms with Gasteiger partial charge in [0, 0.05) is 10.6 Å². The van der Waals surface area contributed by atoms with E-state index in [0.29, 0.717) is 12.6 Å². The van der Waals surface area contributed by atoms with Gasteiger partial charge in [0.15, 0.2) is 0 Å². The van der Waals surface area contributed by atoms with E-state index < -0.39 is 0 Å². The largest absolute Gasteiger partial charge is 0.491 e. The maximum Gasteiger partial charge on any atom is 0.124 e. The van der Waals surface area contributed by atoms with Crippen LogP contribution in [0.2, 0.25) is 5.02 Å². The van der Waals surface area contributed by atoms with Gasteiger partial charge in [0.25, 0.3) is 0 Å². The standard InChI is InChI=1S/C10H12ClNO/c1-2-12-9-6-13-10-4-3-7(11)5-8(9)10/h3-5,9,12H,2,6H2,1H3. The molecular formula is C10H12ClNO. The minimum Gasteiger partial charge on any atom is -0.491 e. The van der Waals surface area contributed by atoms with Crippen LogP contribution >= 0.6 is 11.6 Å². The highest BCUT2D eigenvalue weighted by atomic mass is 35.5. The molecule has 0 amide bonds. The van der Waals surface area contributed by atoms with Crippen molar-refractivity contribution in [3.05, 3.63) is 28.8 Å². The summed E-state index contributed by atoms with van der Waals surface area (Å²) >= 11 is 5.91. The molecule has 1 N–H and O–H groups in total. The number of ether oxygens (including phenoxy) is 1. The van der Waals surface area contributed by atoms with Gasteiger partial charge < -0.3 is 10.1 Å². The zero-order valence-corrected chi connectivity index (χ0v) is 8.27. The molecule has 0 saturated heterocycles. The summed E-state index contributed by atoms with van der Waals surface area (Å²) in [6, 6.07) is 6.06. The van der Waals surface area contributed by atoms with E-state index in [1.165, 1.54) is 5.56 Å². The molecule has 1 aromatic rings. The maximum absolute atomic E-state index is 5.91. The Kier molecular flexibility index (Phi) is 2.42. The van der Waals surface area contributed by atoms with Crippen molar-refractivity contribution in [2.45, 2.75) is 13.0 Å². The number of hydrogen-bond donors (Lipinski definition) is 1. The third kappa shape index (κ3) is 1.64. The van der Waals surface area contributed by atoms with E-state index in [2.05, 4.69) is 12.2 Å². The van der Waals surface area contributed by atoms with Gasteiger partial charge >= 0.3 is 0 Å². The van der Waals surface area contributed by atoms with Gasteiger partial charge in [-0.05, 0) is 24.7 Å². The fourth-order valence-corrected chi connectivity index (χ4v) is 1.78. The summed E-state index contributed by atoms with van der Waals surface area (Å²) in [5.41, 5.74) is 1.18. The Labute approximate surface area is 82.9 Å². The van der Waals surface area contributed by atoms with Crippen LogP contribution in [0.1, 0.15) is 18.5 Å². The van der Waals surface area contributed by atoms with Crippen LogP contribution < -0.4 is 10.1 Å². The zero-order valence-electron chi connectivity index (χ0n) is 7.51. The van der Waals surface area contributed by atoms with Crippen molar-refractivity contribution in [3.8, 4) is 5.75 Å². The lowest BCUT2D eigenvalue weighted by Gasteiger charge is -2.08. The average molecular weight is 198 g/mol. The number of rotatable bonds is 2. The van der Waals surface area contributed by atoms with Crippen molar-refractivity contribution >= 4 is 11.6 Å². The molecule has 1 aliphatic rings. The summed E-state index contributed by atoms with van der Waals surface area (Å²) < 4.78 is 5.50. The molecule has 2 nitrogen and oxygen atoms in total. The first-order valence-corrected chi connectivity index (χ1v) is 4.84. The van der Waals surface area contributed by atoms with Gasteiger partial charge in [-0.2, -0.15) is 0 Å². The Bertz CT molecular complexity index is 312. The number of likely N-dealkylation sites (N-methyl/N-ethyl adjacent to an activating group) is 1. The average Bonchev–Trinajstić information content (AvgIpc) is 2.49. The molecule has 1 atom stereocenters. The van der Waals surface area contributed by atoms with Crippen LogP contribution in [-0.2, 0) is 0 Å². The Morgan fingerprint density at radius 3 is 3.23 bits per heavy atom. The molecule has 0 radical (unpaired) electrons. The minimum absolute atomic E-state index is 0.304. The molecule has 0 aromatic heterocycles.